The third-order valence-corrected chi connectivity index (χ3v) is 0. The second-order valence-electron chi connectivity index (χ2n) is 0.512. The van der Waals surface area contributed by atoms with E-state index in [1.807, 2.05) is 0 Å². The topological polar surface area (TPSA) is 34.1 Å². The van der Waals surface area contributed by atoms with Crippen molar-refractivity contribution in [2.75, 3.05) is 0 Å². The van der Waals surface area contributed by atoms with E-state index in [1.54, 1.807) is 0 Å². The van der Waals surface area contributed by atoms with Gasteiger partial charge in [0.2, 0.25) is 0 Å². The van der Waals surface area contributed by atoms with Gasteiger partial charge in [0, 0.05) is 22.6 Å². The number of rotatable bonds is 0. The molecule has 0 atom stereocenters. The molecule has 0 saturated heterocycles. The molecule has 48 valence electrons. The molecule has 0 heterocycles. The Morgan fingerprint density at radius 2 is 1.25 bits per heavy atom. The fourth-order valence-electron chi connectivity index (χ4n) is 0. The summed E-state index contributed by atoms with van der Waals surface area (Å²) in [6, 6.07) is 0. The van der Waals surface area contributed by atoms with Crippen LogP contribution in [0.4, 0.5) is 13.2 Å². The molecule has 0 bridgehead atoms. The van der Waals surface area contributed by atoms with E-state index in [0.717, 1.165) is 0 Å². The van der Waals surface area contributed by atoms with Gasteiger partial charge in [0.25, 0.3) is 0 Å². The van der Waals surface area contributed by atoms with Crippen LogP contribution in [0.15, 0.2) is 0 Å². The van der Waals surface area contributed by atoms with Crippen LogP contribution in [0.2, 0.25) is 0 Å². The second kappa shape index (κ2) is 5.04. The van der Waals surface area contributed by atoms with Gasteiger partial charge in [-0.05, 0) is 0 Å². The number of alkyl halides is 4. The first-order valence-corrected chi connectivity index (χ1v) is 2.24. The molecule has 2 nitrogen and oxygen atoms in total. The van der Waals surface area contributed by atoms with Crippen molar-refractivity contribution < 1.29 is 22.8 Å². The van der Waals surface area contributed by atoms with Gasteiger partial charge < -0.3 is 0 Å². The molecule has 0 fully saturated rings. The summed E-state index contributed by atoms with van der Waals surface area (Å²) in [5.41, 5.74) is 0. The Balaban J connectivity index is 0. The normalized spacial score (nSPS) is 8.50. The van der Waals surface area contributed by atoms with Crippen LogP contribution in [-0.4, -0.2) is 10.3 Å². The molecule has 0 aliphatic rings. The van der Waals surface area contributed by atoms with Crippen LogP contribution >= 0.6 is 22.6 Å². The minimum Gasteiger partial charge on any atom is -0.186 e. The van der Waals surface area contributed by atoms with Crippen LogP contribution in [0.1, 0.15) is 0 Å². The number of carbonyl (C=O) groups excluding carboxylic acids is 2. The van der Waals surface area contributed by atoms with Crippen LogP contribution in [0, 0.1) is 0 Å². The summed E-state index contributed by atoms with van der Waals surface area (Å²) in [6.45, 7) is 0. The SMILES string of the molecule is FC(F)(F)I.O=C=O. The van der Waals surface area contributed by atoms with Gasteiger partial charge in [-0.3, -0.25) is 0 Å². The van der Waals surface area contributed by atoms with Crippen molar-refractivity contribution in [1.82, 2.24) is 0 Å². The van der Waals surface area contributed by atoms with Gasteiger partial charge in [0.1, 0.15) is 0 Å². The second-order valence-corrected chi connectivity index (χ2v) is 1.74. The Bertz CT molecular complexity index is 75.8. The fourth-order valence-corrected chi connectivity index (χ4v) is 0. The van der Waals surface area contributed by atoms with Crippen LogP contribution in [0.3, 0.4) is 0 Å². The van der Waals surface area contributed by atoms with E-state index in [1.165, 1.54) is 0 Å². The van der Waals surface area contributed by atoms with Gasteiger partial charge in [0.05, 0.1) is 0 Å². The molecule has 0 aromatic rings. The summed E-state index contributed by atoms with van der Waals surface area (Å²) < 4.78 is 27.0. The van der Waals surface area contributed by atoms with Crippen LogP contribution in [0.25, 0.3) is 0 Å². The lowest BCUT2D eigenvalue weighted by Crippen LogP contribution is -1.87. The van der Waals surface area contributed by atoms with E-state index >= 15 is 0 Å². The van der Waals surface area contributed by atoms with Crippen molar-refractivity contribution in [3.8, 4) is 0 Å². The lowest BCUT2D eigenvalue weighted by molar-refractivity contribution is -0.191. The predicted molar refractivity (Wildman–Crippen MR) is 25.1 cm³/mol. The molecule has 0 aromatic carbocycles. The smallest absolute Gasteiger partial charge is 0.186 e. The first-order chi connectivity index (χ1) is 3.41. The average molecular weight is 240 g/mol. The molecule has 8 heavy (non-hydrogen) atoms. The van der Waals surface area contributed by atoms with E-state index in [-0.39, 0.29) is 6.15 Å². The van der Waals surface area contributed by atoms with Gasteiger partial charge in [-0.2, -0.15) is 22.8 Å². The highest BCUT2D eigenvalue weighted by Gasteiger charge is 2.19. The zero-order valence-corrected chi connectivity index (χ0v) is 5.49. The zero-order valence-electron chi connectivity index (χ0n) is 3.33. The number of hydrogen-bond acceptors (Lipinski definition) is 2. The molecule has 0 N–H and O–H groups in total. The fraction of sp³-hybridized carbons (Fsp3) is 0.500. The van der Waals surface area contributed by atoms with Gasteiger partial charge in [-0.1, -0.05) is 0 Å². The highest BCUT2D eigenvalue weighted by molar-refractivity contribution is 14.1. The standard InChI is InChI=1S/CF3I.CO2/c2-1(3,4)5;2-1-3. The molecule has 0 spiro atoms. The molecule has 0 aliphatic carbocycles. The number of hydrogen-bond donors (Lipinski definition) is 0. The highest BCUT2D eigenvalue weighted by atomic mass is 127. The predicted octanol–water partition coefficient (Wildman–Crippen LogP) is 1.36. The molecular weight excluding hydrogens is 240 g/mol. The minimum atomic E-state index is -4.03. The van der Waals surface area contributed by atoms with Crippen molar-refractivity contribution in [2.45, 2.75) is 4.18 Å². The van der Waals surface area contributed by atoms with E-state index < -0.39 is 4.18 Å². The van der Waals surface area contributed by atoms with Crippen molar-refractivity contribution in [1.29, 1.82) is 0 Å². The van der Waals surface area contributed by atoms with Crippen molar-refractivity contribution >= 4 is 28.7 Å². The maximum atomic E-state index is 10.3. The lowest BCUT2D eigenvalue weighted by atomic mass is 11.6. The molecule has 0 unspecified atom stereocenters. The van der Waals surface area contributed by atoms with E-state index in [2.05, 4.69) is 0 Å². The maximum absolute atomic E-state index is 10.3. The van der Waals surface area contributed by atoms with E-state index in [4.69, 9.17) is 9.59 Å². The third kappa shape index (κ3) is 14200. The molecule has 0 saturated carbocycles. The largest absolute Gasteiger partial charge is 0.441 e. The van der Waals surface area contributed by atoms with Gasteiger partial charge in [-0.15, -0.1) is 0 Å². The molecule has 0 radical (unpaired) electrons. The zero-order chi connectivity index (χ0) is 7.21. The first-order valence-electron chi connectivity index (χ1n) is 1.16. The summed E-state index contributed by atoms with van der Waals surface area (Å²) in [4.78, 5) is 16.2. The third-order valence-electron chi connectivity index (χ3n) is 0. The number of halogens is 4. The average Bonchev–Trinajstić information content (AvgIpc) is 1.27. The molecule has 0 aliphatic heterocycles. The molecule has 0 aromatic heterocycles. The summed E-state index contributed by atoms with van der Waals surface area (Å²) in [7, 11) is 0. The van der Waals surface area contributed by atoms with Gasteiger partial charge in [-0.25, -0.2) is 0 Å². The summed E-state index contributed by atoms with van der Waals surface area (Å²) >= 11 is 0.378. The van der Waals surface area contributed by atoms with Crippen LogP contribution in [-0.2, 0) is 9.59 Å². The monoisotopic (exact) mass is 240 g/mol. The molecule has 6 heteroatoms. The summed E-state index contributed by atoms with van der Waals surface area (Å²) in [5.74, 6) is 0. The quantitative estimate of drug-likeness (QED) is 0.473. The van der Waals surface area contributed by atoms with Gasteiger partial charge >= 0.3 is 10.3 Å². The highest BCUT2D eigenvalue weighted by Crippen LogP contribution is 2.22. The summed E-state index contributed by atoms with van der Waals surface area (Å²) in [6.07, 6.45) is 0.250. The maximum Gasteiger partial charge on any atom is 0.441 e. The minimum absolute atomic E-state index is 0.250. The van der Waals surface area contributed by atoms with Crippen molar-refractivity contribution in [3.63, 3.8) is 0 Å². The summed E-state index contributed by atoms with van der Waals surface area (Å²) in [5, 5.41) is 0. The van der Waals surface area contributed by atoms with Crippen LogP contribution in [0.5, 0.6) is 0 Å². The van der Waals surface area contributed by atoms with Crippen LogP contribution < -0.4 is 0 Å². The van der Waals surface area contributed by atoms with E-state index in [0.29, 0.717) is 22.6 Å². The Morgan fingerprint density at radius 1 is 1.25 bits per heavy atom. The lowest BCUT2D eigenvalue weighted by Gasteiger charge is -1.85. The van der Waals surface area contributed by atoms with Crippen molar-refractivity contribution in [2.24, 2.45) is 0 Å². The molecule has 0 rings (SSSR count). The Labute approximate surface area is 56.2 Å². The molecular formula is C2F3IO2. The molecule has 0 amide bonds. The van der Waals surface area contributed by atoms with Gasteiger partial charge in [0.15, 0.2) is 0 Å². The van der Waals surface area contributed by atoms with Crippen molar-refractivity contribution in [3.05, 3.63) is 0 Å². The van der Waals surface area contributed by atoms with E-state index in [9.17, 15) is 13.2 Å². The Hall–Kier alpha value is -0.100. The Morgan fingerprint density at radius 3 is 1.25 bits per heavy atom. The Kier molecular flexibility index (Phi) is 6.81. The first kappa shape index (κ1) is 10.8.